The number of hydrogen-bond donors (Lipinski definition) is 1. The average molecular weight is 327 g/mol. The van der Waals surface area contributed by atoms with Crippen LogP contribution in [0.15, 0.2) is 36.8 Å². The minimum Gasteiger partial charge on any atom is -0.340 e. The first-order valence-electron chi connectivity index (χ1n) is 4.70. The van der Waals surface area contributed by atoms with Gasteiger partial charge < -0.3 is 9.88 Å². The van der Waals surface area contributed by atoms with E-state index in [9.17, 15) is 4.79 Å². The molecule has 0 aliphatic heterocycles. The van der Waals surface area contributed by atoms with Crippen LogP contribution in [0.3, 0.4) is 0 Å². The molecule has 0 radical (unpaired) electrons. The third kappa shape index (κ3) is 2.41. The monoisotopic (exact) mass is 327 g/mol. The minimum atomic E-state index is -0.190. The molecule has 1 amide bonds. The SMILES string of the molecule is Cn1cnc(C(=O)Nc2ccccc2I)c1. The number of rotatable bonds is 2. The van der Waals surface area contributed by atoms with Gasteiger partial charge in [0.05, 0.1) is 12.0 Å². The van der Waals surface area contributed by atoms with Crippen LogP contribution >= 0.6 is 22.6 Å². The van der Waals surface area contributed by atoms with E-state index < -0.39 is 0 Å². The highest BCUT2D eigenvalue weighted by Crippen LogP contribution is 2.17. The molecule has 0 spiro atoms. The number of para-hydroxylation sites is 1. The predicted molar refractivity (Wildman–Crippen MR) is 70.3 cm³/mol. The van der Waals surface area contributed by atoms with Gasteiger partial charge in [-0.15, -0.1) is 0 Å². The van der Waals surface area contributed by atoms with Gasteiger partial charge in [-0.25, -0.2) is 4.98 Å². The molecule has 1 aromatic heterocycles. The van der Waals surface area contributed by atoms with Crippen molar-refractivity contribution in [3.8, 4) is 0 Å². The zero-order valence-corrected chi connectivity index (χ0v) is 10.8. The standard InChI is InChI=1S/C11H10IN3O/c1-15-6-10(13-7-15)11(16)14-9-5-3-2-4-8(9)12/h2-7H,1H3,(H,14,16). The summed E-state index contributed by atoms with van der Waals surface area (Å²) in [5.74, 6) is -0.190. The number of amides is 1. The van der Waals surface area contributed by atoms with Gasteiger partial charge in [-0.1, -0.05) is 12.1 Å². The quantitative estimate of drug-likeness (QED) is 0.861. The lowest BCUT2D eigenvalue weighted by Crippen LogP contribution is -2.13. The maximum atomic E-state index is 11.8. The number of nitrogens with one attached hydrogen (secondary N) is 1. The second-order valence-corrected chi connectivity index (χ2v) is 4.52. The van der Waals surface area contributed by atoms with Gasteiger partial charge in [0.1, 0.15) is 5.69 Å². The minimum absolute atomic E-state index is 0.190. The molecule has 16 heavy (non-hydrogen) atoms. The van der Waals surface area contributed by atoms with Crippen LogP contribution in [-0.4, -0.2) is 15.5 Å². The van der Waals surface area contributed by atoms with Gasteiger partial charge in [-0.05, 0) is 34.7 Å². The lowest BCUT2D eigenvalue weighted by Gasteiger charge is -2.04. The molecule has 1 aromatic carbocycles. The third-order valence-electron chi connectivity index (χ3n) is 2.06. The maximum absolute atomic E-state index is 11.8. The molecule has 0 bridgehead atoms. The van der Waals surface area contributed by atoms with Crippen LogP contribution in [0.5, 0.6) is 0 Å². The van der Waals surface area contributed by atoms with Gasteiger partial charge in [-0.3, -0.25) is 4.79 Å². The summed E-state index contributed by atoms with van der Waals surface area (Å²) in [6, 6.07) is 7.62. The summed E-state index contributed by atoms with van der Waals surface area (Å²) >= 11 is 2.18. The highest BCUT2D eigenvalue weighted by molar-refractivity contribution is 14.1. The largest absolute Gasteiger partial charge is 0.340 e. The van der Waals surface area contributed by atoms with Crippen LogP contribution in [0.2, 0.25) is 0 Å². The molecule has 0 saturated carbocycles. The molecule has 1 N–H and O–H groups in total. The summed E-state index contributed by atoms with van der Waals surface area (Å²) in [4.78, 5) is 15.8. The van der Waals surface area contributed by atoms with Crippen LogP contribution in [0.25, 0.3) is 0 Å². The van der Waals surface area contributed by atoms with E-state index in [2.05, 4.69) is 32.9 Å². The maximum Gasteiger partial charge on any atom is 0.275 e. The fraction of sp³-hybridized carbons (Fsp3) is 0.0909. The number of aryl methyl sites for hydroxylation is 1. The summed E-state index contributed by atoms with van der Waals surface area (Å²) in [5.41, 5.74) is 1.22. The second-order valence-electron chi connectivity index (χ2n) is 3.36. The molecule has 2 rings (SSSR count). The summed E-state index contributed by atoms with van der Waals surface area (Å²) in [6.45, 7) is 0. The van der Waals surface area contributed by atoms with Gasteiger partial charge in [0.2, 0.25) is 0 Å². The number of carbonyl (C=O) groups excluding carboxylic acids is 1. The number of hydrogen-bond acceptors (Lipinski definition) is 2. The first-order valence-corrected chi connectivity index (χ1v) is 5.78. The number of aromatic nitrogens is 2. The number of anilines is 1. The number of imidazole rings is 1. The van der Waals surface area contributed by atoms with Gasteiger partial charge >= 0.3 is 0 Å². The Morgan fingerprint density at radius 2 is 2.19 bits per heavy atom. The molecule has 1 heterocycles. The van der Waals surface area contributed by atoms with Crippen molar-refractivity contribution in [3.63, 3.8) is 0 Å². The van der Waals surface area contributed by atoms with Crippen LogP contribution in [0.1, 0.15) is 10.5 Å². The molecule has 2 aromatic rings. The number of benzene rings is 1. The topological polar surface area (TPSA) is 46.9 Å². The lowest BCUT2D eigenvalue weighted by molar-refractivity contribution is 0.102. The van der Waals surface area contributed by atoms with Crippen molar-refractivity contribution >= 4 is 34.2 Å². The first-order chi connectivity index (χ1) is 7.66. The highest BCUT2D eigenvalue weighted by Gasteiger charge is 2.09. The Morgan fingerprint density at radius 3 is 2.81 bits per heavy atom. The van der Waals surface area contributed by atoms with Crippen molar-refractivity contribution in [2.45, 2.75) is 0 Å². The van der Waals surface area contributed by atoms with Crippen molar-refractivity contribution in [1.29, 1.82) is 0 Å². The number of halogens is 1. The fourth-order valence-corrected chi connectivity index (χ4v) is 1.80. The Hall–Kier alpha value is -1.37. The van der Waals surface area contributed by atoms with Crippen LogP contribution in [-0.2, 0) is 7.05 Å². The fourth-order valence-electron chi connectivity index (χ4n) is 1.28. The predicted octanol–water partition coefficient (Wildman–Crippen LogP) is 2.28. The van der Waals surface area contributed by atoms with Crippen molar-refractivity contribution < 1.29 is 4.79 Å². The van der Waals surface area contributed by atoms with Crippen LogP contribution in [0.4, 0.5) is 5.69 Å². The van der Waals surface area contributed by atoms with E-state index >= 15 is 0 Å². The summed E-state index contributed by atoms with van der Waals surface area (Å²) < 4.78 is 2.75. The van der Waals surface area contributed by atoms with Gasteiger partial charge in [-0.2, -0.15) is 0 Å². The van der Waals surface area contributed by atoms with Gasteiger partial charge in [0, 0.05) is 16.8 Å². The normalized spacial score (nSPS) is 10.1. The van der Waals surface area contributed by atoms with Crippen molar-refractivity contribution in [1.82, 2.24) is 9.55 Å². The average Bonchev–Trinajstić information content (AvgIpc) is 2.68. The molecule has 0 aliphatic rings. The molecule has 0 aliphatic carbocycles. The second kappa shape index (κ2) is 4.65. The highest BCUT2D eigenvalue weighted by atomic mass is 127. The van der Waals surface area contributed by atoms with E-state index in [1.165, 1.54) is 0 Å². The van der Waals surface area contributed by atoms with E-state index in [0.717, 1.165) is 9.26 Å². The van der Waals surface area contributed by atoms with E-state index in [0.29, 0.717) is 5.69 Å². The van der Waals surface area contributed by atoms with Gasteiger partial charge in [0.15, 0.2) is 0 Å². The first kappa shape index (κ1) is 11.1. The molecule has 5 heteroatoms. The molecule has 0 unspecified atom stereocenters. The van der Waals surface area contributed by atoms with Crippen molar-refractivity contribution in [2.24, 2.45) is 7.05 Å². The Balaban J connectivity index is 2.17. The Labute approximate surface area is 107 Å². The summed E-state index contributed by atoms with van der Waals surface area (Å²) in [5, 5.41) is 2.82. The van der Waals surface area contributed by atoms with E-state index in [1.54, 1.807) is 17.1 Å². The Bertz CT molecular complexity index is 521. The van der Waals surface area contributed by atoms with Gasteiger partial charge in [0.25, 0.3) is 5.91 Å². The lowest BCUT2D eigenvalue weighted by atomic mass is 10.3. The zero-order valence-electron chi connectivity index (χ0n) is 8.64. The van der Waals surface area contributed by atoms with E-state index in [-0.39, 0.29) is 5.91 Å². The smallest absolute Gasteiger partial charge is 0.275 e. The molecule has 4 nitrogen and oxygen atoms in total. The van der Waals surface area contributed by atoms with E-state index in [1.807, 2.05) is 31.3 Å². The molecule has 0 fully saturated rings. The number of carbonyl (C=O) groups is 1. The van der Waals surface area contributed by atoms with Crippen molar-refractivity contribution in [3.05, 3.63) is 46.1 Å². The van der Waals surface area contributed by atoms with E-state index in [4.69, 9.17) is 0 Å². The third-order valence-corrected chi connectivity index (χ3v) is 3.00. The molecule has 82 valence electrons. The molecule has 0 saturated heterocycles. The Kier molecular flexibility index (Phi) is 3.23. The Morgan fingerprint density at radius 1 is 1.44 bits per heavy atom. The zero-order chi connectivity index (χ0) is 11.5. The molecular formula is C11H10IN3O. The van der Waals surface area contributed by atoms with Crippen LogP contribution < -0.4 is 5.32 Å². The van der Waals surface area contributed by atoms with Crippen LogP contribution in [0, 0.1) is 3.57 Å². The number of nitrogens with zero attached hydrogens (tertiary/aromatic N) is 2. The summed E-state index contributed by atoms with van der Waals surface area (Å²) in [7, 11) is 1.83. The molecule has 0 atom stereocenters. The van der Waals surface area contributed by atoms with Crippen molar-refractivity contribution in [2.75, 3.05) is 5.32 Å². The molecular weight excluding hydrogens is 317 g/mol. The summed E-state index contributed by atoms with van der Waals surface area (Å²) in [6.07, 6.45) is 3.29.